The van der Waals surface area contributed by atoms with Crippen molar-refractivity contribution in [1.29, 1.82) is 0 Å². The van der Waals surface area contributed by atoms with Gasteiger partial charge in [-0.2, -0.15) is 0 Å². The highest BCUT2D eigenvalue weighted by Gasteiger charge is 2.07. The van der Waals surface area contributed by atoms with Gasteiger partial charge in [-0.1, -0.05) is 22.0 Å². The lowest BCUT2D eigenvalue weighted by atomic mass is 10.1. The SMILES string of the molecule is Cc1ccc(OCC(=O)Oc2ccc(Br)c(C)c2)cc1C. The summed E-state index contributed by atoms with van der Waals surface area (Å²) in [4.78, 5) is 11.8. The van der Waals surface area contributed by atoms with Crippen LogP contribution in [0.2, 0.25) is 0 Å². The molecule has 0 saturated carbocycles. The van der Waals surface area contributed by atoms with E-state index in [4.69, 9.17) is 9.47 Å². The molecule has 0 unspecified atom stereocenters. The first-order chi connectivity index (χ1) is 9.95. The highest BCUT2D eigenvalue weighted by molar-refractivity contribution is 9.10. The number of aryl methyl sites for hydroxylation is 3. The standard InChI is InChI=1S/C17H17BrO3/c1-11-4-5-14(8-12(11)2)20-10-17(19)21-15-6-7-16(18)13(3)9-15/h4-9H,10H2,1-3H3. The summed E-state index contributed by atoms with van der Waals surface area (Å²) >= 11 is 3.40. The van der Waals surface area contributed by atoms with E-state index in [9.17, 15) is 4.79 Å². The number of halogens is 1. The van der Waals surface area contributed by atoms with E-state index in [1.54, 1.807) is 12.1 Å². The van der Waals surface area contributed by atoms with Gasteiger partial charge in [-0.15, -0.1) is 0 Å². The molecule has 110 valence electrons. The second-order valence-corrected chi connectivity index (χ2v) is 5.77. The van der Waals surface area contributed by atoms with Gasteiger partial charge in [-0.05, 0) is 67.8 Å². The Morgan fingerprint density at radius 3 is 2.29 bits per heavy atom. The first-order valence-electron chi connectivity index (χ1n) is 6.62. The summed E-state index contributed by atoms with van der Waals surface area (Å²) in [7, 11) is 0. The smallest absolute Gasteiger partial charge is 0.349 e. The molecule has 0 aliphatic rings. The quantitative estimate of drug-likeness (QED) is 0.608. The van der Waals surface area contributed by atoms with Gasteiger partial charge in [0.25, 0.3) is 0 Å². The highest BCUT2D eigenvalue weighted by atomic mass is 79.9. The number of carbonyl (C=O) groups excluding carboxylic acids is 1. The van der Waals surface area contributed by atoms with Gasteiger partial charge in [0.1, 0.15) is 11.5 Å². The Kier molecular flexibility index (Phi) is 5.02. The number of esters is 1. The molecule has 0 aliphatic carbocycles. The Morgan fingerprint density at radius 2 is 1.62 bits per heavy atom. The molecule has 0 spiro atoms. The van der Waals surface area contributed by atoms with Crippen molar-refractivity contribution in [2.45, 2.75) is 20.8 Å². The molecule has 0 radical (unpaired) electrons. The fourth-order valence-electron chi connectivity index (χ4n) is 1.79. The zero-order valence-corrected chi connectivity index (χ0v) is 13.9. The molecule has 0 fully saturated rings. The number of carbonyl (C=O) groups is 1. The van der Waals surface area contributed by atoms with Gasteiger partial charge in [0.05, 0.1) is 0 Å². The van der Waals surface area contributed by atoms with E-state index >= 15 is 0 Å². The maximum atomic E-state index is 11.8. The number of ether oxygens (including phenoxy) is 2. The van der Waals surface area contributed by atoms with Crippen molar-refractivity contribution in [2.24, 2.45) is 0 Å². The van der Waals surface area contributed by atoms with Gasteiger partial charge in [0.2, 0.25) is 0 Å². The Labute approximate surface area is 133 Å². The van der Waals surface area contributed by atoms with Gasteiger partial charge in [-0.25, -0.2) is 4.79 Å². The van der Waals surface area contributed by atoms with Crippen molar-refractivity contribution < 1.29 is 14.3 Å². The van der Waals surface area contributed by atoms with Crippen LogP contribution in [0.5, 0.6) is 11.5 Å². The normalized spacial score (nSPS) is 10.3. The van der Waals surface area contributed by atoms with Gasteiger partial charge in [0.15, 0.2) is 6.61 Å². The summed E-state index contributed by atoms with van der Waals surface area (Å²) in [6.45, 7) is 5.86. The molecular formula is C17H17BrO3. The molecule has 0 saturated heterocycles. The molecule has 0 aromatic heterocycles. The Balaban J connectivity index is 1.92. The highest BCUT2D eigenvalue weighted by Crippen LogP contribution is 2.22. The van der Waals surface area contributed by atoms with Crippen LogP contribution in [0.3, 0.4) is 0 Å². The molecule has 21 heavy (non-hydrogen) atoms. The third kappa shape index (κ3) is 4.33. The van der Waals surface area contributed by atoms with E-state index in [0.717, 1.165) is 15.6 Å². The van der Waals surface area contributed by atoms with Crippen LogP contribution in [0.25, 0.3) is 0 Å². The molecule has 0 atom stereocenters. The van der Waals surface area contributed by atoms with Gasteiger partial charge >= 0.3 is 5.97 Å². The minimum absolute atomic E-state index is 0.113. The van der Waals surface area contributed by atoms with Crippen molar-refractivity contribution in [3.05, 3.63) is 57.6 Å². The maximum absolute atomic E-state index is 11.8. The van der Waals surface area contributed by atoms with Crippen molar-refractivity contribution in [1.82, 2.24) is 0 Å². The third-order valence-electron chi connectivity index (χ3n) is 3.20. The molecule has 2 aromatic rings. The summed E-state index contributed by atoms with van der Waals surface area (Å²) in [5.41, 5.74) is 3.33. The number of benzene rings is 2. The first kappa shape index (κ1) is 15.6. The van der Waals surface area contributed by atoms with Crippen LogP contribution in [-0.4, -0.2) is 12.6 Å². The lowest BCUT2D eigenvalue weighted by Crippen LogP contribution is -2.17. The summed E-state index contributed by atoms with van der Waals surface area (Å²) in [5, 5.41) is 0. The Bertz CT molecular complexity index is 665. The third-order valence-corrected chi connectivity index (χ3v) is 4.09. The van der Waals surface area contributed by atoms with E-state index in [0.29, 0.717) is 11.5 Å². The lowest BCUT2D eigenvalue weighted by Gasteiger charge is -2.09. The lowest BCUT2D eigenvalue weighted by molar-refractivity contribution is -0.136. The van der Waals surface area contributed by atoms with E-state index in [2.05, 4.69) is 15.9 Å². The molecule has 2 rings (SSSR count). The van der Waals surface area contributed by atoms with Crippen molar-refractivity contribution in [3.63, 3.8) is 0 Å². The van der Waals surface area contributed by atoms with E-state index < -0.39 is 5.97 Å². The molecule has 0 aliphatic heterocycles. The van der Waals surface area contributed by atoms with Gasteiger partial charge in [-0.3, -0.25) is 0 Å². The number of hydrogen-bond donors (Lipinski definition) is 0. The average Bonchev–Trinajstić information content (AvgIpc) is 2.44. The van der Waals surface area contributed by atoms with Crippen LogP contribution in [0.15, 0.2) is 40.9 Å². The van der Waals surface area contributed by atoms with Gasteiger partial charge in [0, 0.05) is 4.47 Å². The minimum atomic E-state index is -0.421. The fourth-order valence-corrected chi connectivity index (χ4v) is 2.03. The van der Waals surface area contributed by atoms with Crippen molar-refractivity contribution in [3.8, 4) is 11.5 Å². The van der Waals surface area contributed by atoms with Gasteiger partial charge < -0.3 is 9.47 Å². The van der Waals surface area contributed by atoms with E-state index in [1.807, 2.05) is 45.0 Å². The zero-order valence-electron chi connectivity index (χ0n) is 12.3. The van der Waals surface area contributed by atoms with Crippen molar-refractivity contribution in [2.75, 3.05) is 6.61 Å². The van der Waals surface area contributed by atoms with Crippen LogP contribution >= 0.6 is 15.9 Å². The minimum Gasteiger partial charge on any atom is -0.482 e. The molecule has 4 heteroatoms. The van der Waals surface area contributed by atoms with E-state index in [-0.39, 0.29) is 6.61 Å². The molecule has 0 amide bonds. The summed E-state index contributed by atoms with van der Waals surface area (Å²) in [6, 6.07) is 11.1. The van der Waals surface area contributed by atoms with E-state index in [1.165, 1.54) is 5.56 Å². The summed E-state index contributed by atoms with van der Waals surface area (Å²) in [6.07, 6.45) is 0. The second-order valence-electron chi connectivity index (χ2n) is 4.92. The van der Waals surface area contributed by atoms with Crippen LogP contribution in [-0.2, 0) is 4.79 Å². The summed E-state index contributed by atoms with van der Waals surface area (Å²) in [5.74, 6) is 0.765. The van der Waals surface area contributed by atoms with Crippen LogP contribution in [0.4, 0.5) is 0 Å². The first-order valence-corrected chi connectivity index (χ1v) is 7.42. The van der Waals surface area contributed by atoms with Crippen LogP contribution in [0, 0.1) is 20.8 Å². The largest absolute Gasteiger partial charge is 0.482 e. The number of hydrogen-bond acceptors (Lipinski definition) is 3. The topological polar surface area (TPSA) is 35.5 Å². The van der Waals surface area contributed by atoms with Crippen molar-refractivity contribution >= 4 is 21.9 Å². The van der Waals surface area contributed by atoms with Crippen LogP contribution in [0.1, 0.15) is 16.7 Å². The Hall–Kier alpha value is -1.81. The molecular weight excluding hydrogens is 332 g/mol. The number of rotatable bonds is 4. The monoisotopic (exact) mass is 348 g/mol. The fraction of sp³-hybridized carbons (Fsp3) is 0.235. The zero-order chi connectivity index (χ0) is 15.4. The molecule has 0 heterocycles. The predicted molar refractivity (Wildman–Crippen MR) is 85.9 cm³/mol. The Morgan fingerprint density at radius 1 is 0.952 bits per heavy atom. The predicted octanol–water partition coefficient (Wildman–Crippen LogP) is 4.36. The average molecular weight is 349 g/mol. The molecule has 2 aromatic carbocycles. The second kappa shape index (κ2) is 6.76. The molecule has 0 N–H and O–H groups in total. The molecule has 0 bridgehead atoms. The van der Waals surface area contributed by atoms with Crippen LogP contribution < -0.4 is 9.47 Å². The summed E-state index contributed by atoms with van der Waals surface area (Å²) < 4.78 is 11.7. The maximum Gasteiger partial charge on any atom is 0.349 e. The molecule has 3 nitrogen and oxygen atoms in total.